The largest absolute Gasteiger partial charge is 0.497 e. The van der Waals surface area contributed by atoms with Crippen molar-refractivity contribution in [3.63, 3.8) is 0 Å². The van der Waals surface area contributed by atoms with Crippen molar-refractivity contribution in [3.05, 3.63) is 70.9 Å². The fourth-order valence-electron chi connectivity index (χ4n) is 3.91. The van der Waals surface area contributed by atoms with Crippen LogP contribution in [0.5, 0.6) is 5.75 Å². The zero-order valence-corrected chi connectivity index (χ0v) is 17.0. The van der Waals surface area contributed by atoms with Gasteiger partial charge in [0.15, 0.2) is 5.82 Å². The van der Waals surface area contributed by atoms with Crippen LogP contribution in [0.15, 0.2) is 47.0 Å². The van der Waals surface area contributed by atoms with E-state index in [0.29, 0.717) is 31.1 Å². The number of hydrogen-bond acceptors (Lipinski definition) is 5. The predicted octanol–water partition coefficient (Wildman–Crippen LogP) is 4.00. The number of para-hydroxylation sites is 1. The van der Waals surface area contributed by atoms with Crippen LogP contribution < -0.4 is 9.64 Å². The summed E-state index contributed by atoms with van der Waals surface area (Å²) in [5.74, 6) is 2.13. The summed E-state index contributed by atoms with van der Waals surface area (Å²) in [4.78, 5) is 19.1. The minimum atomic E-state index is -0.0417. The Morgan fingerprint density at radius 1 is 1.10 bits per heavy atom. The molecule has 2 aromatic carbocycles. The van der Waals surface area contributed by atoms with Crippen molar-refractivity contribution in [2.24, 2.45) is 0 Å². The first-order valence-electron chi connectivity index (χ1n) is 9.87. The molecule has 1 aromatic heterocycles. The third-order valence-electron chi connectivity index (χ3n) is 5.47. The minimum Gasteiger partial charge on any atom is -0.497 e. The maximum Gasteiger partial charge on any atom is 0.227 e. The number of anilines is 1. The number of benzene rings is 2. The highest BCUT2D eigenvalue weighted by Gasteiger charge is 2.35. The Bertz CT molecular complexity index is 990. The number of methoxy groups -OCH3 is 1. The smallest absolute Gasteiger partial charge is 0.227 e. The molecule has 2 heterocycles. The molecule has 4 rings (SSSR count). The molecule has 0 N–H and O–H groups in total. The standard InChI is InChI=1S/C23H25N3O3/c1-15-5-4-6-16(2)22(15)26-14-18(13-21(26)27)23-24-20(29-25-23)12-9-17-7-10-19(28-3)11-8-17/h4-8,10-11,18H,9,12-14H2,1-3H3. The summed E-state index contributed by atoms with van der Waals surface area (Å²) in [6, 6.07) is 14.0. The van der Waals surface area contributed by atoms with Crippen LogP contribution in [0, 0.1) is 13.8 Å². The molecule has 1 saturated heterocycles. The molecular weight excluding hydrogens is 366 g/mol. The molecule has 6 heteroatoms. The van der Waals surface area contributed by atoms with Gasteiger partial charge in [-0.2, -0.15) is 4.98 Å². The maximum atomic E-state index is 12.7. The van der Waals surface area contributed by atoms with Gasteiger partial charge in [-0.3, -0.25) is 4.79 Å². The summed E-state index contributed by atoms with van der Waals surface area (Å²) >= 11 is 0. The average molecular weight is 391 g/mol. The summed E-state index contributed by atoms with van der Waals surface area (Å²) in [5, 5.41) is 4.16. The number of rotatable bonds is 6. The predicted molar refractivity (Wildman–Crippen MR) is 110 cm³/mol. The van der Waals surface area contributed by atoms with E-state index in [-0.39, 0.29) is 11.8 Å². The zero-order valence-electron chi connectivity index (χ0n) is 17.0. The third kappa shape index (κ3) is 4.01. The van der Waals surface area contributed by atoms with E-state index in [1.165, 1.54) is 5.56 Å². The maximum absolute atomic E-state index is 12.7. The molecule has 1 aliphatic heterocycles. The number of carbonyl (C=O) groups is 1. The van der Waals surface area contributed by atoms with E-state index < -0.39 is 0 Å². The third-order valence-corrected chi connectivity index (χ3v) is 5.47. The SMILES string of the molecule is COc1ccc(CCc2nc(C3CC(=O)N(c4c(C)cccc4C)C3)no2)cc1. The van der Waals surface area contributed by atoms with Gasteiger partial charge in [0, 0.05) is 31.0 Å². The number of hydrogen-bond donors (Lipinski definition) is 0. The average Bonchev–Trinajstić information content (AvgIpc) is 3.34. The Labute approximate surface area is 170 Å². The molecule has 0 bridgehead atoms. The summed E-state index contributed by atoms with van der Waals surface area (Å²) in [6.07, 6.45) is 1.88. The highest BCUT2D eigenvalue weighted by molar-refractivity contribution is 5.97. The van der Waals surface area contributed by atoms with Crippen LogP contribution in [0.4, 0.5) is 5.69 Å². The van der Waals surface area contributed by atoms with Crippen molar-refractivity contribution >= 4 is 11.6 Å². The van der Waals surface area contributed by atoms with Gasteiger partial charge in [0.2, 0.25) is 11.8 Å². The fraction of sp³-hybridized carbons (Fsp3) is 0.348. The fourth-order valence-corrected chi connectivity index (χ4v) is 3.91. The number of carbonyl (C=O) groups excluding carboxylic acids is 1. The second-order valence-electron chi connectivity index (χ2n) is 7.54. The number of aromatic nitrogens is 2. The molecule has 1 amide bonds. The zero-order chi connectivity index (χ0) is 20.4. The van der Waals surface area contributed by atoms with Crippen LogP contribution in [-0.2, 0) is 17.6 Å². The van der Waals surface area contributed by atoms with Crippen molar-refractivity contribution < 1.29 is 14.1 Å². The monoisotopic (exact) mass is 391 g/mol. The van der Waals surface area contributed by atoms with Gasteiger partial charge in [0.1, 0.15) is 5.75 Å². The number of ether oxygens (including phenoxy) is 1. The summed E-state index contributed by atoms with van der Waals surface area (Å²) in [5.41, 5.74) is 4.39. The van der Waals surface area contributed by atoms with Gasteiger partial charge in [0.05, 0.1) is 7.11 Å². The molecule has 1 atom stereocenters. The number of amides is 1. The lowest BCUT2D eigenvalue weighted by molar-refractivity contribution is -0.117. The minimum absolute atomic E-state index is 0.0417. The van der Waals surface area contributed by atoms with Gasteiger partial charge in [-0.1, -0.05) is 35.5 Å². The van der Waals surface area contributed by atoms with Gasteiger partial charge < -0.3 is 14.2 Å². The molecule has 1 unspecified atom stereocenters. The van der Waals surface area contributed by atoms with E-state index in [1.54, 1.807) is 7.11 Å². The molecule has 1 fully saturated rings. The second-order valence-corrected chi connectivity index (χ2v) is 7.54. The molecule has 3 aromatic rings. The van der Waals surface area contributed by atoms with E-state index >= 15 is 0 Å². The Morgan fingerprint density at radius 3 is 2.52 bits per heavy atom. The second kappa shape index (κ2) is 8.07. The summed E-state index contributed by atoms with van der Waals surface area (Å²) in [7, 11) is 1.66. The molecule has 0 aliphatic carbocycles. The Hall–Kier alpha value is -3.15. The molecule has 0 radical (unpaired) electrons. The first-order valence-corrected chi connectivity index (χ1v) is 9.87. The van der Waals surface area contributed by atoms with Gasteiger partial charge in [-0.05, 0) is 49.1 Å². The molecule has 0 spiro atoms. The summed E-state index contributed by atoms with van der Waals surface area (Å²) < 4.78 is 10.6. The van der Waals surface area contributed by atoms with Gasteiger partial charge in [0.25, 0.3) is 0 Å². The van der Waals surface area contributed by atoms with E-state index in [9.17, 15) is 4.79 Å². The lowest BCUT2D eigenvalue weighted by atomic mass is 10.1. The van der Waals surface area contributed by atoms with Crippen molar-refractivity contribution in [2.75, 3.05) is 18.6 Å². The highest BCUT2D eigenvalue weighted by Crippen LogP contribution is 2.34. The van der Waals surface area contributed by atoms with Crippen LogP contribution >= 0.6 is 0 Å². The Kier molecular flexibility index (Phi) is 5.34. The van der Waals surface area contributed by atoms with Crippen LogP contribution in [0.25, 0.3) is 0 Å². The number of nitrogens with zero attached hydrogens (tertiary/aromatic N) is 3. The molecule has 1 aliphatic rings. The molecule has 150 valence electrons. The van der Waals surface area contributed by atoms with Crippen LogP contribution in [-0.4, -0.2) is 29.7 Å². The first-order chi connectivity index (χ1) is 14.0. The lowest BCUT2D eigenvalue weighted by Gasteiger charge is -2.21. The van der Waals surface area contributed by atoms with Crippen molar-refractivity contribution in [2.45, 2.75) is 39.0 Å². The topological polar surface area (TPSA) is 68.5 Å². The Morgan fingerprint density at radius 2 is 1.83 bits per heavy atom. The molecule has 6 nitrogen and oxygen atoms in total. The van der Waals surface area contributed by atoms with Gasteiger partial charge in [-0.25, -0.2) is 0 Å². The van der Waals surface area contributed by atoms with Gasteiger partial charge in [-0.15, -0.1) is 0 Å². The molecular formula is C23H25N3O3. The Balaban J connectivity index is 1.42. The lowest BCUT2D eigenvalue weighted by Crippen LogP contribution is -2.26. The van der Waals surface area contributed by atoms with Crippen LogP contribution in [0.2, 0.25) is 0 Å². The normalized spacial score (nSPS) is 16.4. The van der Waals surface area contributed by atoms with Gasteiger partial charge >= 0.3 is 0 Å². The molecule has 29 heavy (non-hydrogen) atoms. The van der Waals surface area contributed by atoms with Crippen molar-refractivity contribution in [3.8, 4) is 5.75 Å². The number of aryl methyl sites for hydroxylation is 4. The van der Waals surface area contributed by atoms with Crippen LogP contribution in [0.3, 0.4) is 0 Å². The van der Waals surface area contributed by atoms with Crippen molar-refractivity contribution in [1.29, 1.82) is 0 Å². The van der Waals surface area contributed by atoms with E-state index in [0.717, 1.165) is 29.0 Å². The summed E-state index contributed by atoms with van der Waals surface area (Å²) in [6.45, 7) is 4.66. The highest BCUT2D eigenvalue weighted by atomic mass is 16.5. The van der Waals surface area contributed by atoms with Crippen molar-refractivity contribution in [1.82, 2.24) is 10.1 Å². The van der Waals surface area contributed by atoms with Crippen LogP contribution in [0.1, 0.15) is 40.7 Å². The molecule has 0 saturated carbocycles. The van der Waals surface area contributed by atoms with E-state index in [4.69, 9.17) is 9.26 Å². The first kappa shape index (κ1) is 19.2. The quantitative estimate of drug-likeness (QED) is 0.635. The van der Waals surface area contributed by atoms with E-state index in [2.05, 4.69) is 10.1 Å². The van der Waals surface area contributed by atoms with E-state index in [1.807, 2.05) is 61.2 Å².